The van der Waals surface area contributed by atoms with Crippen molar-refractivity contribution < 1.29 is 22.7 Å². The summed E-state index contributed by atoms with van der Waals surface area (Å²) in [7, 11) is -3.71. The lowest BCUT2D eigenvalue weighted by molar-refractivity contribution is -0.137. The van der Waals surface area contributed by atoms with Crippen molar-refractivity contribution in [1.82, 2.24) is 4.72 Å². The minimum Gasteiger partial charge on any atom is -0.481 e. The number of hydrogen-bond acceptors (Lipinski definition) is 3. The average Bonchev–Trinajstić information content (AvgIpc) is 2.36. The molecule has 7 heteroatoms. The predicted octanol–water partition coefficient (Wildman–Crippen LogP) is 2.06. The molecule has 5 nitrogen and oxygen atoms in total. The number of rotatable bonds is 8. The van der Waals surface area contributed by atoms with Gasteiger partial charge in [0.25, 0.3) is 0 Å². The summed E-state index contributed by atoms with van der Waals surface area (Å²) in [6.07, 6.45) is 1.75. The summed E-state index contributed by atoms with van der Waals surface area (Å²) in [4.78, 5) is 10.2. The van der Waals surface area contributed by atoms with E-state index in [-0.39, 0.29) is 17.9 Å². The molecule has 1 rings (SSSR count). The smallest absolute Gasteiger partial charge is 0.303 e. The van der Waals surface area contributed by atoms with Crippen LogP contribution in [0.15, 0.2) is 23.1 Å². The first kappa shape index (κ1) is 16.6. The van der Waals surface area contributed by atoms with E-state index >= 15 is 0 Å². The zero-order valence-corrected chi connectivity index (χ0v) is 12.0. The van der Waals surface area contributed by atoms with E-state index in [1.807, 2.05) is 0 Å². The molecule has 1 aromatic rings. The monoisotopic (exact) mass is 303 g/mol. The fraction of sp³-hybridized carbons (Fsp3) is 0.462. The molecule has 0 unspecified atom stereocenters. The number of halogens is 1. The van der Waals surface area contributed by atoms with E-state index in [1.165, 1.54) is 12.1 Å². The largest absolute Gasteiger partial charge is 0.481 e. The maximum atomic E-state index is 13.3. The number of unbranched alkanes of at least 4 members (excludes halogenated alkanes) is 2. The van der Waals surface area contributed by atoms with E-state index in [0.29, 0.717) is 24.8 Å². The Morgan fingerprint density at radius 2 is 2.00 bits per heavy atom. The van der Waals surface area contributed by atoms with Crippen LogP contribution in [0.2, 0.25) is 0 Å². The molecule has 20 heavy (non-hydrogen) atoms. The Hall–Kier alpha value is -1.47. The second-order valence-electron chi connectivity index (χ2n) is 4.51. The Kier molecular flexibility index (Phi) is 6.09. The Morgan fingerprint density at radius 1 is 1.30 bits per heavy atom. The number of hydrogen-bond donors (Lipinski definition) is 2. The van der Waals surface area contributed by atoms with Gasteiger partial charge in [-0.1, -0.05) is 12.5 Å². The highest BCUT2D eigenvalue weighted by atomic mass is 32.2. The van der Waals surface area contributed by atoms with Crippen LogP contribution in [0.1, 0.15) is 31.2 Å². The molecular formula is C13H18FNO4S. The van der Waals surface area contributed by atoms with Crippen molar-refractivity contribution >= 4 is 16.0 Å². The predicted molar refractivity (Wildman–Crippen MR) is 72.4 cm³/mol. The van der Waals surface area contributed by atoms with E-state index in [4.69, 9.17) is 5.11 Å². The van der Waals surface area contributed by atoms with Crippen LogP contribution in [0.25, 0.3) is 0 Å². The Balaban J connectivity index is 2.45. The molecule has 0 amide bonds. The molecule has 0 fully saturated rings. The number of carbonyl (C=O) groups is 1. The maximum absolute atomic E-state index is 13.3. The third-order valence-electron chi connectivity index (χ3n) is 2.81. The lowest BCUT2D eigenvalue weighted by Gasteiger charge is -2.07. The van der Waals surface area contributed by atoms with E-state index in [0.717, 1.165) is 6.07 Å². The minimum atomic E-state index is -3.71. The fourth-order valence-electron chi connectivity index (χ4n) is 1.61. The summed E-state index contributed by atoms with van der Waals surface area (Å²) in [6, 6.07) is 3.75. The van der Waals surface area contributed by atoms with Crippen molar-refractivity contribution in [3.8, 4) is 0 Å². The number of carboxylic acid groups (broad SMARTS) is 1. The molecule has 1 aromatic carbocycles. The third-order valence-corrected chi connectivity index (χ3v) is 4.27. The molecule has 112 valence electrons. The number of carboxylic acids is 1. The first-order chi connectivity index (χ1) is 9.33. The molecule has 0 radical (unpaired) electrons. The zero-order valence-electron chi connectivity index (χ0n) is 11.2. The zero-order chi connectivity index (χ0) is 15.2. The molecule has 0 atom stereocenters. The second kappa shape index (κ2) is 7.35. The van der Waals surface area contributed by atoms with Gasteiger partial charge in [-0.15, -0.1) is 0 Å². The standard InChI is InChI=1S/C13H18FNO4S/c1-10-6-7-11(9-12(10)14)20(18,19)15-8-4-2-3-5-13(16)17/h6-7,9,15H,2-5,8H2,1H3,(H,16,17). The van der Waals surface area contributed by atoms with Crippen molar-refractivity contribution in [2.45, 2.75) is 37.5 Å². The summed E-state index contributed by atoms with van der Waals surface area (Å²) >= 11 is 0. The molecule has 0 saturated heterocycles. The van der Waals surface area contributed by atoms with Crippen LogP contribution >= 0.6 is 0 Å². The molecule has 0 heterocycles. The van der Waals surface area contributed by atoms with E-state index in [2.05, 4.69) is 4.72 Å². The van der Waals surface area contributed by atoms with E-state index in [9.17, 15) is 17.6 Å². The summed E-state index contributed by atoms with van der Waals surface area (Å²) in [6.45, 7) is 1.76. The Labute approximate surface area is 117 Å². The van der Waals surface area contributed by atoms with Gasteiger partial charge in [0.15, 0.2) is 0 Å². The fourth-order valence-corrected chi connectivity index (χ4v) is 2.69. The van der Waals surface area contributed by atoms with Crippen LogP contribution in [-0.2, 0) is 14.8 Å². The first-order valence-electron chi connectivity index (χ1n) is 6.30. The number of sulfonamides is 1. The molecule has 0 bridgehead atoms. The number of aryl methyl sites for hydroxylation is 1. The van der Waals surface area contributed by atoms with Crippen LogP contribution in [0.4, 0.5) is 4.39 Å². The highest BCUT2D eigenvalue weighted by Crippen LogP contribution is 2.14. The molecule has 0 aromatic heterocycles. The van der Waals surface area contributed by atoms with Crippen LogP contribution in [-0.4, -0.2) is 26.0 Å². The molecule has 0 aliphatic carbocycles. The van der Waals surface area contributed by atoms with Crippen molar-refractivity contribution in [1.29, 1.82) is 0 Å². The van der Waals surface area contributed by atoms with Crippen molar-refractivity contribution in [2.75, 3.05) is 6.54 Å². The van der Waals surface area contributed by atoms with E-state index in [1.54, 1.807) is 6.92 Å². The van der Waals surface area contributed by atoms with Gasteiger partial charge in [-0.3, -0.25) is 4.79 Å². The highest BCUT2D eigenvalue weighted by molar-refractivity contribution is 7.89. The van der Waals surface area contributed by atoms with E-state index < -0.39 is 21.8 Å². The summed E-state index contributed by atoms with van der Waals surface area (Å²) in [5.74, 6) is -1.42. The van der Waals surface area contributed by atoms with Crippen LogP contribution in [0.5, 0.6) is 0 Å². The molecule has 2 N–H and O–H groups in total. The Bertz CT molecular complexity index is 572. The molecule has 0 saturated carbocycles. The van der Waals surface area contributed by atoms with Gasteiger partial charge in [-0.2, -0.15) is 0 Å². The maximum Gasteiger partial charge on any atom is 0.303 e. The van der Waals surface area contributed by atoms with Crippen molar-refractivity contribution in [3.63, 3.8) is 0 Å². The van der Waals surface area contributed by atoms with Gasteiger partial charge >= 0.3 is 5.97 Å². The van der Waals surface area contributed by atoms with Crippen LogP contribution in [0, 0.1) is 12.7 Å². The highest BCUT2D eigenvalue weighted by Gasteiger charge is 2.14. The van der Waals surface area contributed by atoms with Crippen LogP contribution < -0.4 is 4.72 Å². The number of benzene rings is 1. The second-order valence-corrected chi connectivity index (χ2v) is 6.28. The van der Waals surface area contributed by atoms with Gasteiger partial charge in [0.05, 0.1) is 4.90 Å². The van der Waals surface area contributed by atoms with Gasteiger partial charge in [-0.25, -0.2) is 17.5 Å². The van der Waals surface area contributed by atoms with Gasteiger partial charge in [-0.05, 0) is 37.5 Å². The van der Waals surface area contributed by atoms with Gasteiger partial charge in [0.1, 0.15) is 5.82 Å². The summed E-state index contributed by atoms with van der Waals surface area (Å²) < 4.78 is 39.4. The molecular weight excluding hydrogens is 285 g/mol. The summed E-state index contributed by atoms with van der Waals surface area (Å²) in [5.41, 5.74) is 0.387. The molecule has 0 aliphatic rings. The van der Waals surface area contributed by atoms with Crippen molar-refractivity contribution in [2.24, 2.45) is 0 Å². The quantitative estimate of drug-likeness (QED) is 0.720. The SMILES string of the molecule is Cc1ccc(S(=O)(=O)NCCCCCC(=O)O)cc1F. The molecule has 0 aliphatic heterocycles. The number of aliphatic carboxylic acids is 1. The van der Waals surface area contributed by atoms with Gasteiger partial charge in [0.2, 0.25) is 10.0 Å². The average molecular weight is 303 g/mol. The summed E-state index contributed by atoms with van der Waals surface area (Å²) in [5, 5.41) is 8.45. The van der Waals surface area contributed by atoms with Crippen LogP contribution in [0.3, 0.4) is 0 Å². The topological polar surface area (TPSA) is 83.5 Å². The lowest BCUT2D eigenvalue weighted by atomic mass is 10.2. The molecule has 0 spiro atoms. The first-order valence-corrected chi connectivity index (χ1v) is 7.79. The van der Waals surface area contributed by atoms with Crippen molar-refractivity contribution in [3.05, 3.63) is 29.6 Å². The minimum absolute atomic E-state index is 0.0793. The third kappa shape index (κ3) is 5.26. The van der Waals surface area contributed by atoms with Gasteiger partial charge < -0.3 is 5.11 Å². The lowest BCUT2D eigenvalue weighted by Crippen LogP contribution is -2.25. The normalized spacial score (nSPS) is 11.5. The van der Waals surface area contributed by atoms with Gasteiger partial charge in [0, 0.05) is 13.0 Å². The number of nitrogens with one attached hydrogen (secondary N) is 1. The Morgan fingerprint density at radius 3 is 2.60 bits per heavy atom.